The highest BCUT2D eigenvalue weighted by molar-refractivity contribution is 5.97. The van der Waals surface area contributed by atoms with Gasteiger partial charge in [0.1, 0.15) is 17.2 Å². The van der Waals surface area contributed by atoms with Gasteiger partial charge >= 0.3 is 11.6 Å². The normalized spacial score (nSPS) is 12.4. The smallest absolute Gasteiger partial charge is 0.339 e. The fourth-order valence-electron chi connectivity index (χ4n) is 4.75. The fraction of sp³-hybridized carbons (Fsp3) is 0.355. The first-order valence-electron chi connectivity index (χ1n) is 13.3. The van der Waals surface area contributed by atoms with E-state index in [0.717, 1.165) is 21.9 Å². The van der Waals surface area contributed by atoms with Gasteiger partial charge in [-0.2, -0.15) is 0 Å². The molecule has 0 fully saturated rings. The molecule has 3 N–H and O–H groups in total. The van der Waals surface area contributed by atoms with Gasteiger partial charge < -0.3 is 24.6 Å². The molecule has 210 valence electrons. The summed E-state index contributed by atoms with van der Waals surface area (Å²) in [5.41, 5.74) is 3.17. The van der Waals surface area contributed by atoms with Gasteiger partial charge in [-0.3, -0.25) is 14.4 Å². The van der Waals surface area contributed by atoms with E-state index in [1.54, 1.807) is 42.7 Å². The molecule has 1 atom stereocenters. The Hall–Kier alpha value is -4.40. The molecule has 0 saturated heterocycles. The molecule has 0 radical (unpaired) electrons. The maximum absolute atomic E-state index is 13.0. The van der Waals surface area contributed by atoms with Crippen molar-refractivity contribution in [1.29, 1.82) is 0 Å². The zero-order valence-corrected chi connectivity index (χ0v) is 23.1. The molecule has 2 aromatic carbocycles. The van der Waals surface area contributed by atoms with Crippen LogP contribution < -0.4 is 16.3 Å². The Balaban J connectivity index is 1.53. The Morgan fingerprint density at radius 3 is 2.40 bits per heavy atom. The van der Waals surface area contributed by atoms with Crippen molar-refractivity contribution < 1.29 is 28.3 Å². The van der Waals surface area contributed by atoms with E-state index in [2.05, 4.69) is 31.4 Å². The van der Waals surface area contributed by atoms with E-state index in [-0.39, 0.29) is 37.6 Å². The van der Waals surface area contributed by atoms with Gasteiger partial charge in [-0.05, 0) is 42.4 Å². The molecule has 0 bridgehead atoms. The summed E-state index contributed by atoms with van der Waals surface area (Å²) in [6, 6.07) is 11.5. The number of fused-ring (bicyclic) bond motifs is 2. The molecule has 4 aromatic rings. The molecular formula is C31H34N2O7. The van der Waals surface area contributed by atoms with Crippen molar-refractivity contribution in [3.05, 3.63) is 81.4 Å². The summed E-state index contributed by atoms with van der Waals surface area (Å²) in [6.07, 6.45) is 2.03. The van der Waals surface area contributed by atoms with Crippen LogP contribution in [0.1, 0.15) is 68.3 Å². The summed E-state index contributed by atoms with van der Waals surface area (Å²) in [5, 5.41) is 16.0. The average molecular weight is 547 g/mol. The molecule has 0 unspecified atom stereocenters. The first kappa shape index (κ1) is 28.6. The molecule has 0 aliphatic heterocycles. The minimum absolute atomic E-state index is 0.0338. The Kier molecular flexibility index (Phi) is 8.42. The minimum atomic E-state index is -0.960. The molecule has 0 saturated carbocycles. The van der Waals surface area contributed by atoms with Crippen molar-refractivity contribution >= 4 is 39.7 Å². The van der Waals surface area contributed by atoms with Gasteiger partial charge in [0.15, 0.2) is 0 Å². The zero-order chi connectivity index (χ0) is 29.0. The van der Waals surface area contributed by atoms with E-state index < -0.39 is 29.5 Å². The van der Waals surface area contributed by atoms with Crippen LogP contribution in [0.2, 0.25) is 0 Å². The molecule has 2 amide bonds. The number of carboxylic acids is 1. The Morgan fingerprint density at radius 2 is 1.73 bits per heavy atom. The molecule has 0 aliphatic carbocycles. The van der Waals surface area contributed by atoms with Crippen LogP contribution in [0.4, 0.5) is 0 Å². The SMILES string of the molecule is Cc1c(CCC(=O)N[C@H](C(=O)NCCCC(=O)O)c2ccccc2)c(=O)oc2cc3occ(C(C)(C)C)c3cc12. The van der Waals surface area contributed by atoms with Crippen LogP contribution in [-0.2, 0) is 26.2 Å². The van der Waals surface area contributed by atoms with E-state index in [4.69, 9.17) is 13.9 Å². The second-order valence-electron chi connectivity index (χ2n) is 10.9. The third-order valence-electron chi connectivity index (χ3n) is 6.96. The fourth-order valence-corrected chi connectivity index (χ4v) is 4.75. The Bertz CT molecular complexity index is 1610. The minimum Gasteiger partial charge on any atom is -0.481 e. The monoisotopic (exact) mass is 546 g/mol. The van der Waals surface area contributed by atoms with Crippen molar-refractivity contribution in [1.82, 2.24) is 10.6 Å². The van der Waals surface area contributed by atoms with Gasteiger partial charge in [0, 0.05) is 47.4 Å². The summed E-state index contributed by atoms with van der Waals surface area (Å²) >= 11 is 0. The molecule has 9 nitrogen and oxygen atoms in total. The molecule has 0 aliphatic rings. The molecule has 9 heteroatoms. The topological polar surface area (TPSA) is 139 Å². The number of aliphatic carboxylic acids is 1. The number of hydrogen-bond acceptors (Lipinski definition) is 6. The lowest BCUT2D eigenvalue weighted by Gasteiger charge is -2.19. The number of rotatable bonds is 10. The van der Waals surface area contributed by atoms with Gasteiger partial charge in [0.25, 0.3) is 0 Å². The first-order chi connectivity index (χ1) is 19.0. The lowest BCUT2D eigenvalue weighted by molar-refractivity contribution is -0.137. The highest BCUT2D eigenvalue weighted by Crippen LogP contribution is 2.35. The third-order valence-corrected chi connectivity index (χ3v) is 6.96. The quantitative estimate of drug-likeness (QED) is 0.190. The largest absolute Gasteiger partial charge is 0.481 e. The van der Waals surface area contributed by atoms with Crippen LogP contribution >= 0.6 is 0 Å². The van der Waals surface area contributed by atoms with E-state index in [1.807, 2.05) is 13.0 Å². The van der Waals surface area contributed by atoms with Crippen molar-refractivity contribution in [3.63, 3.8) is 0 Å². The molecule has 4 rings (SSSR count). The number of aryl methyl sites for hydroxylation is 1. The van der Waals surface area contributed by atoms with Gasteiger partial charge in [-0.25, -0.2) is 4.79 Å². The van der Waals surface area contributed by atoms with E-state index in [9.17, 15) is 19.2 Å². The maximum atomic E-state index is 13.0. The number of furan rings is 1. The lowest BCUT2D eigenvalue weighted by Crippen LogP contribution is -2.41. The van der Waals surface area contributed by atoms with Crippen LogP contribution in [0.3, 0.4) is 0 Å². The molecular weight excluding hydrogens is 512 g/mol. The van der Waals surface area contributed by atoms with Crippen LogP contribution in [0, 0.1) is 6.92 Å². The van der Waals surface area contributed by atoms with Gasteiger partial charge in [0.05, 0.1) is 6.26 Å². The predicted octanol–water partition coefficient (Wildman–Crippen LogP) is 4.92. The van der Waals surface area contributed by atoms with Crippen LogP contribution in [0.25, 0.3) is 21.9 Å². The number of amides is 2. The molecule has 2 heterocycles. The Morgan fingerprint density at radius 1 is 1.00 bits per heavy atom. The van der Waals surface area contributed by atoms with Gasteiger partial charge in [-0.1, -0.05) is 51.1 Å². The van der Waals surface area contributed by atoms with Crippen molar-refractivity contribution in [2.75, 3.05) is 6.54 Å². The van der Waals surface area contributed by atoms with Crippen molar-refractivity contribution in [2.24, 2.45) is 0 Å². The number of carboxylic acid groups (broad SMARTS) is 1. The van der Waals surface area contributed by atoms with Crippen LogP contribution in [0.15, 0.2) is 62.4 Å². The molecule has 2 aromatic heterocycles. The number of carbonyl (C=O) groups excluding carboxylic acids is 2. The van der Waals surface area contributed by atoms with Gasteiger partial charge in [0.2, 0.25) is 11.8 Å². The number of carbonyl (C=O) groups is 3. The van der Waals surface area contributed by atoms with Crippen LogP contribution in [0.5, 0.6) is 0 Å². The van der Waals surface area contributed by atoms with E-state index >= 15 is 0 Å². The lowest BCUT2D eigenvalue weighted by atomic mass is 9.86. The first-order valence-corrected chi connectivity index (χ1v) is 13.3. The van der Waals surface area contributed by atoms with Crippen LogP contribution in [-0.4, -0.2) is 29.4 Å². The number of hydrogen-bond donors (Lipinski definition) is 3. The number of nitrogens with one attached hydrogen (secondary N) is 2. The molecule has 0 spiro atoms. The van der Waals surface area contributed by atoms with Crippen molar-refractivity contribution in [2.45, 2.75) is 64.8 Å². The zero-order valence-electron chi connectivity index (χ0n) is 23.1. The Labute approximate surface area is 231 Å². The van der Waals surface area contributed by atoms with E-state index in [1.165, 1.54) is 0 Å². The van der Waals surface area contributed by atoms with E-state index in [0.29, 0.717) is 22.3 Å². The van der Waals surface area contributed by atoms with Gasteiger partial charge in [-0.15, -0.1) is 0 Å². The summed E-state index contributed by atoms with van der Waals surface area (Å²) in [7, 11) is 0. The predicted molar refractivity (Wildman–Crippen MR) is 151 cm³/mol. The summed E-state index contributed by atoms with van der Waals surface area (Å²) < 4.78 is 11.3. The molecule has 40 heavy (non-hydrogen) atoms. The second kappa shape index (κ2) is 11.8. The highest BCUT2D eigenvalue weighted by atomic mass is 16.4. The standard InChI is InChI=1S/C31H34N2O7/c1-18-20(30(38)40-25-16-24-22(15-21(18)25)23(17-39-24)31(2,3)4)12-13-26(34)33-28(19-9-6-5-7-10-19)29(37)32-14-8-11-27(35)36/h5-7,9-10,15-17,28H,8,11-14H2,1-4H3,(H,32,37)(H,33,34)(H,35,36)/t28-/m0/s1. The summed E-state index contributed by atoms with van der Waals surface area (Å²) in [6.45, 7) is 8.31. The second-order valence-corrected chi connectivity index (χ2v) is 10.9. The number of benzene rings is 2. The summed E-state index contributed by atoms with van der Waals surface area (Å²) in [4.78, 5) is 49.5. The van der Waals surface area contributed by atoms with Crippen molar-refractivity contribution in [3.8, 4) is 0 Å². The highest BCUT2D eigenvalue weighted by Gasteiger charge is 2.24. The maximum Gasteiger partial charge on any atom is 0.339 e. The third kappa shape index (κ3) is 6.42. The average Bonchev–Trinajstić information content (AvgIpc) is 3.32. The summed E-state index contributed by atoms with van der Waals surface area (Å²) in [5.74, 6) is -1.79.